The number of benzene rings is 1. The highest BCUT2D eigenvalue weighted by atomic mass is 31.2. The van der Waals surface area contributed by atoms with Crippen LogP contribution in [0.1, 0.15) is 5.56 Å². The van der Waals surface area contributed by atoms with E-state index in [-0.39, 0.29) is 5.41 Å². The van der Waals surface area contributed by atoms with Gasteiger partial charge in [0.25, 0.3) is 0 Å². The third-order valence-electron chi connectivity index (χ3n) is 2.95. The highest BCUT2D eigenvalue weighted by Gasteiger charge is 2.44. The van der Waals surface area contributed by atoms with E-state index < -0.39 is 8.60 Å². The molecule has 0 saturated carbocycles. The monoisotopic (exact) mass is 254 g/mol. The molecule has 2 bridgehead atoms. The van der Waals surface area contributed by atoms with Crippen molar-refractivity contribution in [3.8, 4) is 0 Å². The maximum atomic E-state index is 5.75. The fourth-order valence-corrected chi connectivity index (χ4v) is 3.25. The molecule has 0 N–H and O–H groups in total. The van der Waals surface area contributed by atoms with Crippen molar-refractivity contribution in [2.24, 2.45) is 5.41 Å². The highest BCUT2D eigenvalue weighted by Crippen LogP contribution is 2.53. The second-order valence-corrected chi connectivity index (χ2v) is 5.74. The van der Waals surface area contributed by atoms with E-state index in [0.29, 0.717) is 33.0 Å². The Balaban J connectivity index is 1.51. The Morgan fingerprint density at radius 2 is 1.71 bits per heavy atom. The van der Waals surface area contributed by atoms with Gasteiger partial charge in [-0.25, -0.2) is 0 Å². The van der Waals surface area contributed by atoms with Crippen LogP contribution in [0.2, 0.25) is 0 Å². The third-order valence-corrected chi connectivity index (χ3v) is 3.97. The van der Waals surface area contributed by atoms with Crippen molar-refractivity contribution >= 4 is 8.60 Å². The van der Waals surface area contributed by atoms with E-state index in [1.165, 1.54) is 5.56 Å². The summed E-state index contributed by atoms with van der Waals surface area (Å²) in [5, 5.41) is 0. The van der Waals surface area contributed by atoms with Gasteiger partial charge in [-0.3, -0.25) is 0 Å². The lowest BCUT2D eigenvalue weighted by Gasteiger charge is -2.43. The molecule has 0 radical (unpaired) electrons. The predicted octanol–water partition coefficient (Wildman–Crippen LogP) is 2.49. The topological polar surface area (TPSA) is 36.9 Å². The molecule has 92 valence electrons. The molecule has 0 aliphatic carbocycles. The summed E-state index contributed by atoms with van der Waals surface area (Å²) in [4.78, 5) is 0. The largest absolute Gasteiger partial charge is 0.376 e. The van der Waals surface area contributed by atoms with E-state index in [9.17, 15) is 0 Å². The average Bonchev–Trinajstić information content (AvgIpc) is 2.42. The lowest BCUT2D eigenvalue weighted by molar-refractivity contribution is -0.113. The van der Waals surface area contributed by atoms with Gasteiger partial charge in [-0.15, -0.1) is 0 Å². The van der Waals surface area contributed by atoms with Crippen LogP contribution in [0.4, 0.5) is 0 Å². The van der Waals surface area contributed by atoms with Crippen LogP contribution in [0.5, 0.6) is 0 Å². The lowest BCUT2D eigenvalue weighted by Crippen LogP contribution is -2.46. The molecule has 3 aliphatic rings. The van der Waals surface area contributed by atoms with Crippen LogP contribution in [0.25, 0.3) is 0 Å². The van der Waals surface area contributed by atoms with Gasteiger partial charge in [0, 0.05) is 0 Å². The van der Waals surface area contributed by atoms with Crippen molar-refractivity contribution in [1.29, 1.82) is 0 Å². The number of fused-ring (bicyclic) bond motifs is 3. The van der Waals surface area contributed by atoms with Crippen LogP contribution in [0.15, 0.2) is 30.3 Å². The van der Waals surface area contributed by atoms with E-state index in [0.717, 1.165) is 0 Å². The zero-order valence-electron chi connectivity index (χ0n) is 9.50. The van der Waals surface area contributed by atoms with E-state index in [1.54, 1.807) is 0 Å². The van der Waals surface area contributed by atoms with Gasteiger partial charge in [0.15, 0.2) is 0 Å². The summed E-state index contributed by atoms with van der Waals surface area (Å²) in [6, 6.07) is 10.1. The zero-order chi connectivity index (χ0) is 11.6. The molecule has 3 heterocycles. The van der Waals surface area contributed by atoms with Gasteiger partial charge < -0.3 is 18.3 Å². The number of ether oxygens (including phenoxy) is 1. The lowest BCUT2D eigenvalue weighted by atomic mass is 9.92. The molecule has 0 atom stereocenters. The first-order valence-corrected chi connectivity index (χ1v) is 6.76. The van der Waals surface area contributed by atoms with Crippen molar-refractivity contribution in [2.45, 2.75) is 6.61 Å². The second kappa shape index (κ2) is 5.01. The van der Waals surface area contributed by atoms with E-state index in [2.05, 4.69) is 12.1 Å². The molecule has 5 heteroatoms. The van der Waals surface area contributed by atoms with Gasteiger partial charge in [0.05, 0.1) is 38.4 Å². The van der Waals surface area contributed by atoms with Gasteiger partial charge in [-0.05, 0) is 5.56 Å². The predicted molar refractivity (Wildman–Crippen MR) is 63.3 cm³/mol. The summed E-state index contributed by atoms with van der Waals surface area (Å²) in [6.07, 6.45) is 0. The molecule has 1 aromatic rings. The molecule has 3 saturated heterocycles. The summed E-state index contributed by atoms with van der Waals surface area (Å²) in [6.45, 7) is 3.30. The summed E-state index contributed by atoms with van der Waals surface area (Å²) in [5.74, 6) is 0. The standard InChI is InChI=1S/C12H15O4P/c1-2-4-11(5-3-1)6-13-7-12-8-14-17(15-9-12)16-10-12/h1-5H,6-10H2. The molecule has 4 nitrogen and oxygen atoms in total. The number of hydrogen-bond donors (Lipinski definition) is 0. The Kier molecular flexibility index (Phi) is 3.41. The molecule has 4 rings (SSSR count). The Labute approximate surface area is 102 Å². The van der Waals surface area contributed by atoms with Crippen LogP contribution in [0, 0.1) is 5.41 Å². The molecule has 3 aliphatic heterocycles. The summed E-state index contributed by atoms with van der Waals surface area (Å²) in [7, 11) is -1.05. The number of rotatable bonds is 4. The smallest absolute Gasteiger partial charge is 0.332 e. The number of hydrogen-bond acceptors (Lipinski definition) is 4. The summed E-state index contributed by atoms with van der Waals surface area (Å²) >= 11 is 0. The molecule has 1 aromatic carbocycles. The maximum absolute atomic E-state index is 5.75. The van der Waals surface area contributed by atoms with Crippen LogP contribution in [0.3, 0.4) is 0 Å². The quantitative estimate of drug-likeness (QED) is 0.773. The van der Waals surface area contributed by atoms with Crippen molar-refractivity contribution in [1.82, 2.24) is 0 Å². The zero-order valence-corrected chi connectivity index (χ0v) is 10.4. The van der Waals surface area contributed by atoms with Gasteiger partial charge >= 0.3 is 8.60 Å². The summed E-state index contributed by atoms with van der Waals surface area (Å²) < 4.78 is 22.0. The Hall–Kier alpha value is -0.510. The average molecular weight is 254 g/mol. The minimum absolute atomic E-state index is 0.105. The van der Waals surface area contributed by atoms with Crippen LogP contribution in [-0.2, 0) is 24.9 Å². The molecule has 0 aromatic heterocycles. The molecule has 0 unspecified atom stereocenters. The van der Waals surface area contributed by atoms with Crippen LogP contribution in [-0.4, -0.2) is 26.4 Å². The maximum Gasteiger partial charge on any atom is 0.332 e. The Morgan fingerprint density at radius 1 is 1.06 bits per heavy atom. The first-order valence-electron chi connectivity index (χ1n) is 5.67. The first-order chi connectivity index (χ1) is 8.36. The van der Waals surface area contributed by atoms with Crippen molar-refractivity contribution < 1.29 is 18.3 Å². The van der Waals surface area contributed by atoms with Gasteiger partial charge in [-0.2, -0.15) is 0 Å². The Bertz CT molecular complexity index is 348. The Morgan fingerprint density at radius 3 is 2.35 bits per heavy atom. The third kappa shape index (κ3) is 2.67. The van der Waals surface area contributed by atoms with E-state index in [1.807, 2.05) is 18.2 Å². The van der Waals surface area contributed by atoms with Crippen molar-refractivity contribution in [2.75, 3.05) is 26.4 Å². The normalized spacial score (nSPS) is 31.6. The van der Waals surface area contributed by atoms with Crippen LogP contribution < -0.4 is 0 Å². The van der Waals surface area contributed by atoms with E-state index in [4.69, 9.17) is 18.3 Å². The fraction of sp³-hybridized carbons (Fsp3) is 0.500. The molecule has 0 spiro atoms. The van der Waals surface area contributed by atoms with E-state index >= 15 is 0 Å². The van der Waals surface area contributed by atoms with Crippen molar-refractivity contribution in [3.05, 3.63) is 35.9 Å². The molecule has 3 fully saturated rings. The minimum atomic E-state index is -1.05. The molecular formula is C12H15O4P. The van der Waals surface area contributed by atoms with Gasteiger partial charge in [-0.1, -0.05) is 30.3 Å². The van der Waals surface area contributed by atoms with Crippen LogP contribution >= 0.6 is 8.60 Å². The first kappa shape index (κ1) is 11.6. The fourth-order valence-electron chi connectivity index (χ4n) is 1.89. The summed E-state index contributed by atoms with van der Waals surface area (Å²) in [5.41, 5.74) is 1.08. The van der Waals surface area contributed by atoms with Gasteiger partial charge in [0.1, 0.15) is 0 Å². The SMILES string of the molecule is c1ccc(COCC23COP(OC2)OC3)cc1. The highest BCUT2D eigenvalue weighted by molar-refractivity contribution is 7.41. The molecular weight excluding hydrogens is 239 g/mol. The molecule has 0 amide bonds. The minimum Gasteiger partial charge on any atom is -0.376 e. The second-order valence-electron chi connectivity index (χ2n) is 4.52. The molecule has 17 heavy (non-hydrogen) atoms. The van der Waals surface area contributed by atoms with Gasteiger partial charge in [0.2, 0.25) is 0 Å². The van der Waals surface area contributed by atoms with Crippen molar-refractivity contribution in [3.63, 3.8) is 0 Å².